The maximum Gasteiger partial charge on any atom is 0.155 e. The number of hydrogen-bond acceptors (Lipinski definition) is 2. The number of nitrogens with zero attached hydrogens (tertiary/aromatic N) is 2. The molecule has 1 fully saturated rings. The Labute approximate surface area is 184 Å². The summed E-state index contributed by atoms with van der Waals surface area (Å²) >= 11 is 0. The molecule has 1 atom stereocenters. The minimum atomic E-state index is 0.360. The molecule has 1 heterocycles. The van der Waals surface area contributed by atoms with Crippen molar-refractivity contribution < 1.29 is 0 Å². The third-order valence-corrected chi connectivity index (χ3v) is 6.47. The van der Waals surface area contributed by atoms with Crippen LogP contribution in [0.4, 0.5) is 0 Å². The van der Waals surface area contributed by atoms with Gasteiger partial charge in [-0.05, 0) is 73.6 Å². The van der Waals surface area contributed by atoms with Crippen molar-refractivity contribution in [2.75, 3.05) is 6.54 Å². The molecule has 0 N–H and O–H groups in total. The van der Waals surface area contributed by atoms with Crippen molar-refractivity contribution in [3.8, 4) is 0 Å². The fourth-order valence-electron chi connectivity index (χ4n) is 4.41. The Hall–Kier alpha value is -2.05. The Balaban J connectivity index is 1.87. The average molecular weight is 419 g/mol. The monoisotopic (exact) mass is 418 g/mol. The molecule has 0 spiro atoms. The SMILES string of the molecule is C=C/C(C1=NC(c2ccc(CCC(=C)P)cc2C)=NC1)=C1/CCC(C)(C)C/C1=C/C. The van der Waals surface area contributed by atoms with E-state index in [1.165, 1.54) is 34.3 Å². The van der Waals surface area contributed by atoms with Crippen LogP contribution in [0.15, 0.2) is 75.5 Å². The van der Waals surface area contributed by atoms with Crippen molar-refractivity contribution in [2.45, 2.75) is 59.8 Å². The molecule has 1 unspecified atom stereocenters. The van der Waals surface area contributed by atoms with Crippen molar-refractivity contribution >= 4 is 20.8 Å². The summed E-state index contributed by atoms with van der Waals surface area (Å²) in [6, 6.07) is 6.62. The standard InChI is InChI=1S/C27H35N2P/c1-7-21-16-27(5,6)14-13-24(21)22(8-2)25-17-28-26(29-25)23-12-11-20(15-18(23)3)10-9-19(4)30/h7-8,11-12,15H,2,4,9-10,13-14,16-17,30H2,1,3,5-6H3/b21-7-,24-22+. The van der Waals surface area contributed by atoms with Gasteiger partial charge < -0.3 is 0 Å². The first-order chi connectivity index (χ1) is 14.2. The highest BCUT2D eigenvalue weighted by atomic mass is 31.0. The van der Waals surface area contributed by atoms with Gasteiger partial charge in [0.05, 0.1) is 12.3 Å². The van der Waals surface area contributed by atoms with Gasteiger partial charge in [0.25, 0.3) is 0 Å². The molecule has 0 radical (unpaired) electrons. The van der Waals surface area contributed by atoms with Gasteiger partial charge in [-0.3, -0.25) is 4.99 Å². The normalized spacial score (nSPS) is 21.3. The predicted octanol–water partition coefficient (Wildman–Crippen LogP) is 7.16. The lowest BCUT2D eigenvalue weighted by molar-refractivity contribution is 0.313. The first-order valence-electron chi connectivity index (χ1n) is 10.9. The summed E-state index contributed by atoms with van der Waals surface area (Å²) in [5.41, 5.74) is 9.13. The summed E-state index contributed by atoms with van der Waals surface area (Å²) in [7, 11) is 2.69. The molecule has 30 heavy (non-hydrogen) atoms. The van der Waals surface area contributed by atoms with Gasteiger partial charge in [0, 0.05) is 11.1 Å². The fourth-order valence-corrected chi connectivity index (χ4v) is 4.55. The van der Waals surface area contributed by atoms with E-state index in [4.69, 9.17) is 9.98 Å². The van der Waals surface area contributed by atoms with E-state index < -0.39 is 0 Å². The lowest BCUT2D eigenvalue weighted by Gasteiger charge is -2.34. The molecule has 158 valence electrons. The second-order valence-electron chi connectivity index (χ2n) is 9.26. The first kappa shape index (κ1) is 22.6. The van der Waals surface area contributed by atoms with Crippen molar-refractivity contribution in [3.63, 3.8) is 0 Å². The van der Waals surface area contributed by atoms with E-state index in [1.54, 1.807) is 0 Å². The van der Waals surface area contributed by atoms with E-state index in [0.29, 0.717) is 12.0 Å². The van der Waals surface area contributed by atoms with Gasteiger partial charge in [-0.25, -0.2) is 4.99 Å². The van der Waals surface area contributed by atoms with Gasteiger partial charge in [-0.1, -0.05) is 62.7 Å². The summed E-state index contributed by atoms with van der Waals surface area (Å²) in [6.07, 6.45) is 9.65. The number of hydrogen-bond donors (Lipinski definition) is 0. The van der Waals surface area contributed by atoms with Crippen LogP contribution in [-0.4, -0.2) is 18.1 Å². The third-order valence-electron chi connectivity index (χ3n) is 6.18. The van der Waals surface area contributed by atoms with Gasteiger partial charge in [0.15, 0.2) is 5.84 Å². The molecule has 3 rings (SSSR count). The second kappa shape index (κ2) is 9.40. The molecule has 0 amide bonds. The molecule has 1 aliphatic carbocycles. The Morgan fingerprint density at radius 1 is 1.30 bits per heavy atom. The van der Waals surface area contributed by atoms with Crippen molar-refractivity contribution in [1.29, 1.82) is 0 Å². The van der Waals surface area contributed by atoms with Gasteiger partial charge in [0.2, 0.25) is 0 Å². The zero-order valence-electron chi connectivity index (χ0n) is 19.0. The number of aryl methyl sites for hydroxylation is 2. The van der Waals surface area contributed by atoms with Crippen LogP contribution in [0.2, 0.25) is 0 Å². The van der Waals surface area contributed by atoms with Gasteiger partial charge in [-0.2, -0.15) is 0 Å². The average Bonchev–Trinajstić information content (AvgIpc) is 3.17. The highest BCUT2D eigenvalue weighted by Gasteiger charge is 2.29. The Kier molecular flexibility index (Phi) is 7.09. The third kappa shape index (κ3) is 5.16. The molecule has 1 aliphatic heterocycles. The fraction of sp³-hybridized carbons (Fsp3) is 0.407. The van der Waals surface area contributed by atoms with Gasteiger partial charge >= 0.3 is 0 Å². The van der Waals surface area contributed by atoms with Crippen LogP contribution in [-0.2, 0) is 6.42 Å². The van der Waals surface area contributed by atoms with Crippen molar-refractivity contribution in [3.05, 3.63) is 82.2 Å². The summed E-state index contributed by atoms with van der Waals surface area (Å²) in [5, 5.41) is 1.14. The molecule has 1 saturated carbocycles. The molecule has 0 saturated heterocycles. The van der Waals surface area contributed by atoms with E-state index in [-0.39, 0.29) is 0 Å². The summed E-state index contributed by atoms with van der Waals surface area (Å²) < 4.78 is 0. The van der Waals surface area contributed by atoms with Crippen LogP contribution >= 0.6 is 9.24 Å². The Morgan fingerprint density at radius 2 is 2.07 bits per heavy atom. The number of amidine groups is 1. The van der Waals surface area contributed by atoms with Crippen molar-refractivity contribution in [1.82, 2.24) is 0 Å². The zero-order valence-corrected chi connectivity index (χ0v) is 20.2. The number of rotatable bonds is 6. The highest BCUT2D eigenvalue weighted by molar-refractivity contribution is 7.22. The largest absolute Gasteiger partial charge is 0.260 e. The number of aliphatic imine (C=N–C) groups is 2. The smallest absolute Gasteiger partial charge is 0.155 e. The molecule has 3 heteroatoms. The molecule has 1 aromatic rings. The van der Waals surface area contributed by atoms with E-state index in [1.807, 2.05) is 6.08 Å². The Morgan fingerprint density at radius 3 is 2.70 bits per heavy atom. The Bertz CT molecular complexity index is 986. The summed E-state index contributed by atoms with van der Waals surface area (Å²) in [4.78, 5) is 9.76. The lowest BCUT2D eigenvalue weighted by atomic mass is 9.71. The minimum absolute atomic E-state index is 0.360. The van der Waals surface area contributed by atoms with Gasteiger partial charge in [-0.15, -0.1) is 9.24 Å². The van der Waals surface area contributed by atoms with Crippen LogP contribution in [0.3, 0.4) is 0 Å². The summed E-state index contributed by atoms with van der Waals surface area (Å²) in [6.45, 7) is 17.7. The predicted molar refractivity (Wildman–Crippen MR) is 136 cm³/mol. The number of benzene rings is 1. The van der Waals surface area contributed by atoms with E-state index in [0.717, 1.165) is 48.1 Å². The topological polar surface area (TPSA) is 24.7 Å². The van der Waals surface area contributed by atoms with Crippen LogP contribution in [0, 0.1) is 12.3 Å². The molecule has 0 bridgehead atoms. The molecular weight excluding hydrogens is 383 g/mol. The lowest BCUT2D eigenvalue weighted by Crippen LogP contribution is -2.21. The van der Waals surface area contributed by atoms with E-state index in [9.17, 15) is 0 Å². The molecule has 1 aromatic carbocycles. The van der Waals surface area contributed by atoms with Crippen LogP contribution in [0.25, 0.3) is 0 Å². The first-order valence-corrected chi connectivity index (χ1v) is 11.5. The van der Waals surface area contributed by atoms with Crippen molar-refractivity contribution in [2.24, 2.45) is 15.4 Å². The van der Waals surface area contributed by atoms with Crippen LogP contribution in [0.5, 0.6) is 0 Å². The second-order valence-corrected chi connectivity index (χ2v) is 10.1. The molecule has 0 aromatic heterocycles. The summed E-state index contributed by atoms with van der Waals surface area (Å²) in [5.74, 6) is 0.850. The number of allylic oxidation sites excluding steroid dienone is 5. The minimum Gasteiger partial charge on any atom is -0.260 e. The highest BCUT2D eigenvalue weighted by Crippen LogP contribution is 2.42. The molecular formula is C27H35N2P. The van der Waals surface area contributed by atoms with E-state index in [2.05, 4.69) is 74.4 Å². The van der Waals surface area contributed by atoms with Crippen LogP contribution in [0.1, 0.15) is 63.1 Å². The van der Waals surface area contributed by atoms with Gasteiger partial charge in [0.1, 0.15) is 0 Å². The van der Waals surface area contributed by atoms with Crippen LogP contribution < -0.4 is 0 Å². The molecule has 2 aliphatic rings. The van der Waals surface area contributed by atoms with E-state index >= 15 is 0 Å². The maximum atomic E-state index is 4.97. The zero-order chi connectivity index (χ0) is 21.9. The quantitative estimate of drug-likeness (QED) is 0.438. The maximum absolute atomic E-state index is 4.97. The molecule has 2 nitrogen and oxygen atoms in total.